The highest BCUT2D eigenvalue weighted by Crippen LogP contribution is 2.22. The molecule has 5 nitrogen and oxygen atoms in total. The summed E-state index contributed by atoms with van der Waals surface area (Å²) in [6, 6.07) is 26.3. The van der Waals surface area contributed by atoms with Crippen LogP contribution in [0.15, 0.2) is 84.9 Å². The predicted octanol–water partition coefficient (Wildman–Crippen LogP) is 4.41. The fourth-order valence-electron chi connectivity index (χ4n) is 3.19. The molecule has 0 spiro atoms. The summed E-state index contributed by atoms with van der Waals surface area (Å²) in [7, 11) is 0. The van der Waals surface area contributed by atoms with E-state index in [1.807, 2.05) is 84.9 Å². The quantitative estimate of drug-likeness (QED) is 0.524. The monoisotopic (exact) mass is 417 g/mol. The average molecular weight is 418 g/mol. The molecule has 0 radical (unpaired) electrons. The summed E-state index contributed by atoms with van der Waals surface area (Å²) in [4.78, 5) is 25.1. The molecular weight excluding hydrogens is 390 g/mol. The van der Waals surface area contributed by atoms with Gasteiger partial charge in [-0.15, -0.1) is 0 Å². The number of carbonyl (C=O) groups excluding carboxylic acids is 2. The van der Waals surface area contributed by atoms with Crippen LogP contribution in [0.1, 0.15) is 19.4 Å². The van der Waals surface area contributed by atoms with Crippen LogP contribution in [0, 0.1) is 0 Å². The number of hydrogen-bond donors (Lipinski definition) is 1. The van der Waals surface area contributed by atoms with Crippen molar-refractivity contribution in [2.45, 2.75) is 32.4 Å². The normalized spacial score (nSPS) is 12.5. The topological polar surface area (TPSA) is 64.6 Å². The summed E-state index contributed by atoms with van der Waals surface area (Å²) in [6.07, 6.45) is -0.417. The van der Waals surface area contributed by atoms with E-state index in [-0.39, 0.29) is 12.5 Å². The number of carbonyl (C=O) groups is 2. The molecular formula is C26H27NO4. The Kier molecular flexibility index (Phi) is 7.82. The molecule has 0 saturated carbocycles. The fraction of sp³-hybridized carbons (Fsp3) is 0.231. The molecule has 0 fully saturated rings. The Morgan fingerprint density at radius 3 is 2.03 bits per heavy atom. The van der Waals surface area contributed by atoms with Gasteiger partial charge in [0.1, 0.15) is 11.8 Å². The Morgan fingerprint density at radius 1 is 0.839 bits per heavy atom. The van der Waals surface area contributed by atoms with E-state index < -0.39 is 18.1 Å². The number of esters is 1. The summed E-state index contributed by atoms with van der Waals surface area (Å²) in [5, 5.41) is 2.77. The van der Waals surface area contributed by atoms with Gasteiger partial charge < -0.3 is 14.8 Å². The van der Waals surface area contributed by atoms with Crippen molar-refractivity contribution in [2.75, 3.05) is 6.61 Å². The summed E-state index contributed by atoms with van der Waals surface area (Å²) < 4.78 is 10.9. The van der Waals surface area contributed by atoms with Gasteiger partial charge in [-0.1, -0.05) is 72.8 Å². The van der Waals surface area contributed by atoms with Crippen LogP contribution in [0.25, 0.3) is 11.1 Å². The standard InChI is InChI=1S/C26H27NO4/c1-3-30-26(29)24(18-20-10-6-4-7-11-20)27-25(28)19(2)31-23-16-14-22(15-17-23)21-12-8-5-9-13-21/h4-17,19,24H,3,18H2,1-2H3,(H,27,28). The Balaban J connectivity index is 1.62. The molecule has 160 valence electrons. The Bertz CT molecular complexity index is 971. The zero-order valence-corrected chi connectivity index (χ0v) is 17.8. The highest BCUT2D eigenvalue weighted by atomic mass is 16.5. The van der Waals surface area contributed by atoms with Crippen LogP contribution < -0.4 is 10.1 Å². The van der Waals surface area contributed by atoms with Crippen LogP contribution >= 0.6 is 0 Å². The van der Waals surface area contributed by atoms with Gasteiger partial charge in [0.25, 0.3) is 5.91 Å². The number of ether oxygens (including phenoxy) is 2. The van der Waals surface area contributed by atoms with Crippen LogP contribution in [0.5, 0.6) is 5.75 Å². The van der Waals surface area contributed by atoms with Crippen LogP contribution in [-0.2, 0) is 20.7 Å². The third kappa shape index (κ3) is 6.44. The highest BCUT2D eigenvalue weighted by molar-refractivity contribution is 5.87. The second-order valence-corrected chi connectivity index (χ2v) is 7.15. The first-order valence-electron chi connectivity index (χ1n) is 10.4. The number of rotatable bonds is 9. The predicted molar refractivity (Wildman–Crippen MR) is 121 cm³/mol. The smallest absolute Gasteiger partial charge is 0.328 e. The van der Waals surface area contributed by atoms with Gasteiger partial charge in [0.2, 0.25) is 0 Å². The van der Waals surface area contributed by atoms with Crippen molar-refractivity contribution in [3.63, 3.8) is 0 Å². The Labute approximate surface area is 183 Å². The van der Waals surface area contributed by atoms with E-state index >= 15 is 0 Å². The molecule has 2 atom stereocenters. The minimum atomic E-state index is -0.777. The average Bonchev–Trinajstić information content (AvgIpc) is 2.80. The molecule has 0 aliphatic heterocycles. The molecule has 2 unspecified atom stereocenters. The minimum absolute atomic E-state index is 0.250. The van der Waals surface area contributed by atoms with E-state index in [9.17, 15) is 9.59 Å². The lowest BCUT2D eigenvalue weighted by atomic mass is 10.1. The molecule has 1 amide bonds. The zero-order chi connectivity index (χ0) is 22.1. The SMILES string of the molecule is CCOC(=O)C(Cc1ccccc1)NC(=O)C(C)Oc1ccc(-c2ccccc2)cc1. The third-order valence-corrected chi connectivity index (χ3v) is 4.81. The maximum absolute atomic E-state index is 12.7. The van der Waals surface area contributed by atoms with Crippen LogP contribution in [-0.4, -0.2) is 30.6 Å². The van der Waals surface area contributed by atoms with Gasteiger partial charge in [0.15, 0.2) is 6.10 Å². The lowest BCUT2D eigenvalue weighted by Crippen LogP contribution is -2.48. The first-order chi connectivity index (χ1) is 15.1. The number of amides is 1. The van der Waals surface area contributed by atoms with E-state index in [4.69, 9.17) is 9.47 Å². The first kappa shape index (κ1) is 22.1. The highest BCUT2D eigenvalue weighted by Gasteiger charge is 2.25. The summed E-state index contributed by atoms with van der Waals surface area (Å²) in [5.74, 6) is -0.252. The van der Waals surface area contributed by atoms with E-state index in [0.29, 0.717) is 12.2 Å². The van der Waals surface area contributed by atoms with Crippen molar-refractivity contribution >= 4 is 11.9 Å². The van der Waals surface area contributed by atoms with E-state index in [1.54, 1.807) is 13.8 Å². The second kappa shape index (κ2) is 11.0. The fourth-order valence-corrected chi connectivity index (χ4v) is 3.19. The molecule has 31 heavy (non-hydrogen) atoms. The van der Waals surface area contributed by atoms with Gasteiger partial charge >= 0.3 is 5.97 Å². The molecule has 0 aliphatic carbocycles. The molecule has 0 aliphatic rings. The van der Waals surface area contributed by atoms with Crippen molar-refractivity contribution in [2.24, 2.45) is 0 Å². The summed E-state index contributed by atoms with van der Waals surface area (Å²) in [6.45, 7) is 3.65. The molecule has 0 saturated heterocycles. The lowest BCUT2D eigenvalue weighted by Gasteiger charge is -2.20. The number of benzene rings is 3. The first-order valence-corrected chi connectivity index (χ1v) is 10.4. The van der Waals surface area contributed by atoms with Crippen molar-refractivity contribution in [3.05, 3.63) is 90.5 Å². The molecule has 1 N–H and O–H groups in total. The van der Waals surface area contributed by atoms with E-state index in [2.05, 4.69) is 5.32 Å². The molecule has 3 aromatic rings. The van der Waals surface area contributed by atoms with Crippen LogP contribution in [0.2, 0.25) is 0 Å². The van der Waals surface area contributed by atoms with E-state index in [1.165, 1.54) is 0 Å². The summed E-state index contributed by atoms with van der Waals surface area (Å²) in [5.41, 5.74) is 3.11. The third-order valence-electron chi connectivity index (χ3n) is 4.81. The summed E-state index contributed by atoms with van der Waals surface area (Å²) >= 11 is 0. The zero-order valence-electron chi connectivity index (χ0n) is 17.8. The largest absolute Gasteiger partial charge is 0.481 e. The van der Waals surface area contributed by atoms with E-state index in [0.717, 1.165) is 16.7 Å². The van der Waals surface area contributed by atoms with Crippen LogP contribution in [0.3, 0.4) is 0 Å². The van der Waals surface area contributed by atoms with Gasteiger partial charge in [-0.05, 0) is 42.7 Å². The van der Waals surface area contributed by atoms with Gasteiger partial charge in [-0.25, -0.2) is 4.79 Å². The van der Waals surface area contributed by atoms with Gasteiger partial charge in [-0.2, -0.15) is 0 Å². The molecule has 0 heterocycles. The number of nitrogens with one attached hydrogen (secondary N) is 1. The Hall–Kier alpha value is -3.60. The van der Waals surface area contributed by atoms with Crippen molar-refractivity contribution in [3.8, 4) is 16.9 Å². The van der Waals surface area contributed by atoms with Gasteiger partial charge in [0, 0.05) is 6.42 Å². The second-order valence-electron chi connectivity index (χ2n) is 7.15. The van der Waals surface area contributed by atoms with Gasteiger partial charge in [-0.3, -0.25) is 4.79 Å². The molecule has 5 heteroatoms. The molecule has 0 bridgehead atoms. The number of hydrogen-bond acceptors (Lipinski definition) is 4. The lowest BCUT2D eigenvalue weighted by molar-refractivity contribution is -0.148. The molecule has 3 aromatic carbocycles. The minimum Gasteiger partial charge on any atom is -0.481 e. The van der Waals surface area contributed by atoms with Gasteiger partial charge in [0.05, 0.1) is 6.61 Å². The van der Waals surface area contributed by atoms with Crippen molar-refractivity contribution in [1.29, 1.82) is 0 Å². The Morgan fingerprint density at radius 2 is 1.42 bits per heavy atom. The van der Waals surface area contributed by atoms with Crippen LogP contribution in [0.4, 0.5) is 0 Å². The maximum atomic E-state index is 12.7. The molecule has 0 aromatic heterocycles. The van der Waals surface area contributed by atoms with Crippen molar-refractivity contribution < 1.29 is 19.1 Å². The van der Waals surface area contributed by atoms with Crippen molar-refractivity contribution in [1.82, 2.24) is 5.32 Å². The molecule has 3 rings (SSSR count). The maximum Gasteiger partial charge on any atom is 0.328 e.